The van der Waals surface area contributed by atoms with E-state index in [0.29, 0.717) is 5.69 Å². The summed E-state index contributed by atoms with van der Waals surface area (Å²) in [6.07, 6.45) is 2.60. The first-order valence-electron chi connectivity index (χ1n) is 10.9. The number of rotatable bonds is 8. The van der Waals surface area contributed by atoms with Crippen LogP contribution in [-0.2, 0) is 18.8 Å². The molecule has 0 aliphatic carbocycles. The monoisotopic (exact) mass is 457 g/mol. The zero-order chi connectivity index (χ0) is 24.3. The molecule has 2 aromatic rings. The van der Waals surface area contributed by atoms with Gasteiger partial charge in [0, 0.05) is 12.3 Å². The molecule has 1 aromatic carbocycles. The number of carbonyl (C=O) groups excluding carboxylic acids is 1. The molecule has 0 aliphatic rings. The number of esters is 1. The molecule has 3 atom stereocenters. The molecule has 1 heterocycles. The van der Waals surface area contributed by atoms with Crippen molar-refractivity contribution in [2.45, 2.75) is 71.9 Å². The van der Waals surface area contributed by atoms with E-state index in [1.165, 1.54) is 6.92 Å². The van der Waals surface area contributed by atoms with E-state index in [2.05, 4.69) is 38.8 Å². The van der Waals surface area contributed by atoms with Gasteiger partial charge < -0.3 is 14.3 Å². The van der Waals surface area contributed by atoms with Gasteiger partial charge in [-0.1, -0.05) is 51.1 Å². The van der Waals surface area contributed by atoms with Gasteiger partial charge >= 0.3 is 11.9 Å². The van der Waals surface area contributed by atoms with Gasteiger partial charge in [-0.05, 0) is 49.7 Å². The fourth-order valence-electron chi connectivity index (χ4n) is 3.16. The molecule has 0 saturated carbocycles. The van der Waals surface area contributed by atoms with Crippen LogP contribution in [0.2, 0.25) is 18.1 Å². The summed E-state index contributed by atoms with van der Waals surface area (Å²) in [4.78, 5) is 27.8. The van der Waals surface area contributed by atoms with Crippen molar-refractivity contribution in [3.8, 4) is 0 Å². The summed E-state index contributed by atoms with van der Waals surface area (Å²) < 4.78 is 11.5. The SMILES string of the molecule is CC(=O)O[C@H](C)c1ccc2ccc(C=C[C@@H](C(=O)O)[C@@H](C)O[Si](C)(C)C(C)(C)C)cc2n1. The van der Waals surface area contributed by atoms with Crippen LogP contribution >= 0.6 is 0 Å². The highest BCUT2D eigenvalue weighted by Gasteiger charge is 2.40. The Morgan fingerprint density at radius 2 is 1.75 bits per heavy atom. The summed E-state index contributed by atoms with van der Waals surface area (Å²) in [5.41, 5.74) is 2.25. The van der Waals surface area contributed by atoms with Gasteiger partial charge in [0.25, 0.3) is 0 Å². The lowest BCUT2D eigenvalue weighted by atomic mass is 10.0. The van der Waals surface area contributed by atoms with Gasteiger partial charge in [0.2, 0.25) is 0 Å². The minimum atomic E-state index is -2.09. The fourth-order valence-corrected chi connectivity index (χ4v) is 4.59. The van der Waals surface area contributed by atoms with E-state index in [1.807, 2.05) is 37.3 Å². The van der Waals surface area contributed by atoms with Crippen molar-refractivity contribution >= 4 is 37.2 Å². The molecule has 32 heavy (non-hydrogen) atoms. The van der Waals surface area contributed by atoms with Crippen molar-refractivity contribution in [3.05, 3.63) is 47.7 Å². The summed E-state index contributed by atoms with van der Waals surface area (Å²) in [5.74, 6) is -2.03. The van der Waals surface area contributed by atoms with Gasteiger partial charge in [-0.25, -0.2) is 4.98 Å². The fraction of sp³-hybridized carbons (Fsp3) is 0.480. The maximum absolute atomic E-state index is 11.9. The minimum absolute atomic E-state index is 0.00100. The average molecular weight is 458 g/mol. The van der Waals surface area contributed by atoms with Crippen molar-refractivity contribution in [3.63, 3.8) is 0 Å². The zero-order valence-corrected chi connectivity index (χ0v) is 21.3. The third-order valence-corrected chi connectivity index (χ3v) is 10.6. The summed E-state index contributed by atoms with van der Waals surface area (Å²) >= 11 is 0. The van der Waals surface area contributed by atoms with Gasteiger partial charge in [0.1, 0.15) is 6.10 Å². The Morgan fingerprint density at radius 3 is 2.31 bits per heavy atom. The molecule has 7 heteroatoms. The van der Waals surface area contributed by atoms with Gasteiger partial charge in [-0.2, -0.15) is 0 Å². The minimum Gasteiger partial charge on any atom is -0.481 e. The second kappa shape index (κ2) is 9.96. The largest absolute Gasteiger partial charge is 0.481 e. The first-order chi connectivity index (χ1) is 14.7. The van der Waals surface area contributed by atoms with Crippen LogP contribution in [0, 0.1) is 5.92 Å². The molecule has 0 fully saturated rings. The second-order valence-corrected chi connectivity index (χ2v) is 14.5. The topological polar surface area (TPSA) is 85.7 Å². The predicted octanol–water partition coefficient (Wildman–Crippen LogP) is 5.98. The first-order valence-corrected chi connectivity index (χ1v) is 13.8. The van der Waals surface area contributed by atoms with Crippen LogP contribution in [0.5, 0.6) is 0 Å². The Labute approximate surface area is 191 Å². The van der Waals surface area contributed by atoms with Crippen LogP contribution in [0.4, 0.5) is 0 Å². The van der Waals surface area contributed by atoms with Crippen LogP contribution < -0.4 is 0 Å². The molecule has 174 valence electrons. The Balaban J connectivity index is 2.27. The highest BCUT2D eigenvalue weighted by atomic mass is 28.4. The molecule has 0 aliphatic heterocycles. The number of fused-ring (bicyclic) bond motifs is 1. The molecular formula is C25H35NO5Si. The molecule has 6 nitrogen and oxygen atoms in total. The maximum atomic E-state index is 11.9. The molecule has 0 unspecified atom stereocenters. The van der Waals surface area contributed by atoms with Crippen molar-refractivity contribution < 1.29 is 23.9 Å². The molecule has 0 radical (unpaired) electrons. The van der Waals surface area contributed by atoms with Gasteiger partial charge in [0.05, 0.1) is 23.2 Å². The number of benzene rings is 1. The second-order valence-electron chi connectivity index (χ2n) is 9.75. The summed E-state index contributed by atoms with van der Waals surface area (Å²) in [6, 6.07) is 9.53. The van der Waals surface area contributed by atoms with E-state index in [1.54, 1.807) is 19.1 Å². The molecule has 0 saturated heterocycles. The normalized spacial score (nSPS) is 15.5. The summed E-state index contributed by atoms with van der Waals surface area (Å²) in [5, 5.41) is 10.7. The van der Waals surface area contributed by atoms with Crippen molar-refractivity contribution in [2.75, 3.05) is 0 Å². The number of aliphatic carboxylic acids is 1. The number of carboxylic acids is 1. The third-order valence-electron chi connectivity index (χ3n) is 6.07. The van der Waals surface area contributed by atoms with Crippen LogP contribution in [-0.4, -0.2) is 36.5 Å². The lowest BCUT2D eigenvalue weighted by molar-refractivity contribution is -0.146. The van der Waals surface area contributed by atoms with Crippen molar-refractivity contribution in [1.82, 2.24) is 4.98 Å². The average Bonchev–Trinajstić information content (AvgIpc) is 2.65. The first kappa shape index (κ1) is 25.7. The maximum Gasteiger partial charge on any atom is 0.312 e. The number of hydrogen-bond acceptors (Lipinski definition) is 5. The molecule has 1 aromatic heterocycles. The van der Waals surface area contributed by atoms with E-state index in [0.717, 1.165) is 16.5 Å². The molecule has 0 amide bonds. The molecule has 0 spiro atoms. The van der Waals surface area contributed by atoms with Gasteiger partial charge in [0.15, 0.2) is 8.32 Å². The van der Waals surface area contributed by atoms with Crippen LogP contribution in [0.1, 0.15) is 58.9 Å². The van der Waals surface area contributed by atoms with E-state index in [9.17, 15) is 14.7 Å². The van der Waals surface area contributed by atoms with E-state index in [4.69, 9.17) is 9.16 Å². The molecule has 0 bridgehead atoms. The lowest BCUT2D eigenvalue weighted by Crippen LogP contribution is -2.45. The number of carbonyl (C=O) groups is 2. The van der Waals surface area contributed by atoms with Crippen LogP contribution in [0.15, 0.2) is 36.4 Å². The van der Waals surface area contributed by atoms with Crippen LogP contribution in [0.3, 0.4) is 0 Å². The Hall–Kier alpha value is -2.51. The molecule has 1 N–H and O–H groups in total. The van der Waals surface area contributed by atoms with E-state index in [-0.39, 0.29) is 11.0 Å². The Bertz CT molecular complexity index is 1010. The Morgan fingerprint density at radius 1 is 1.12 bits per heavy atom. The summed E-state index contributed by atoms with van der Waals surface area (Å²) in [6.45, 7) is 15.6. The number of carboxylic acid groups (broad SMARTS) is 1. The lowest BCUT2D eigenvalue weighted by Gasteiger charge is -2.39. The Kier molecular flexibility index (Phi) is 8.01. The number of nitrogens with zero attached hydrogens (tertiary/aromatic N) is 1. The van der Waals surface area contributed by atoms with E-state index >= 15 is 0 Å². The van der Waals surface area contributed by atoms with Gasteiger partial charge in [-0.15, -0.1) is 0 Å². The number of pyridine rings is 1. The standard InChI is InChI=1S/C25H35NO5Si/c1-16(31-32(7,8)25(4,5)6)21(24(28)29)13-10-19-9-11-20-12-14-22(26-23(20)15-19)17(2)30-18(3)27/h9-17,21H,1-8H3,(H,28,29)/t16-,17-,21-/m1/s1. The smallest absolute Gasteiger partial charge is 0.312 e. The number of ether oxygens (including phenoxy) is 1. The van der Waals surface area contributed by atoms with Crippen LogP contribution in [0.25, 0.3) is 17.0 Å². The zero-order valence-electron chi connectivity index (χ0n) is 20.3. The highest BCUT2D eigenvalue weighted by Crippen LogP contribution is 2.38. The van der Waals surface area contributed by atoms with Crippen molar-refractivity contribution in [2.24, 2.45) is 5.92 Å². The molecular weight excluding hydrogens is 422 g/mol. The predicted molar refractivity (Wildman–Crippen MR) is 130 cm³/mol. The summed E-state index contributed by atoms with van der Waals surface area (Å²) in [7, 11) is -2.09. The molecule has 2 rings (SSSR count). The van der Waals surface area contributed by atoms with E-state index < -0.39 is 32.4 Å². The van der Waals surface area contributed by atoms with Crippen molar-refractivity contribution in [1.29, 1.82) is 0 Å². The van der Waals surface area contributed by atoms with Gasteiger partial charge in [-0.3, -0.25) is 9.59 Å². The number of hydrogen-bond donors (Lipinski definition) is 1. The highest BCUT2D eigenvalue weighted by molar-refractivity contribution is 6.74. The third kappa shape index (κ3) is 6.50. The quantitative estimate of drug-likeness (QED) is 0.387. The number of aromatic nitrogens is 1.